The van der Waals surface area contributed by atoms with Crippen molar-refractivity contribution in [3.8, 4) is 5.75 Å². The summed E-state index contributed by atoms with van der Waals surface area (Å²) in [6.45, 7) is 0.259. The third-order valence-corrected chi connectivity index (χ3v) is 5.24. The molecule has 1 aliphatic carbocycles. The predicted octanol–water partition coefficient (Wildman–Crippen LogP) is 2.08. The molecule has 0 aromatic heterocycles. The molecule has 7 nitrogen and oxygen atoms in total. The van der Waals surface area contributed by atoms with Gasteiger partial charge in [-0.1, -0.05) is 19.3 Å². The van der Waals surface area contributed by atoms with Crippen LogP contribution < -0.4 is 20.7 Å². The summed E-state index contributed by atoms with van der Waals surface area (Å²) < 4.78 is 5.22. The van der Waals surface area contributed by atoms with E-state index in [1.807, 2.05) is 0 Å². The number of anilines is 1. The fourth-order valence-corrected chi connectivity index (χ4v) is 3.77. The summed E-state index contributed by atoms with van der Waals surface area (Å²) in [6, 6.07) is 5.52. The van der Waals surface area contributed by atoms with Crippen LogP contribution in [0.4, 0.5) is 5.69 Å². The minimum atomic E-state index is -0.578. The lowest BCUT2D eigenvalue weighted by Crippen LogP contribution is -2.39. The Kier molecular flexibility index (Phi) is 6.32. The zero-order valence-corrected chi connectivity index (χ0v) is 15.7. The maximum absolute atomic E-state index is 12.6. The van der Waals surface area contributed by atoms with E-state index in [0.717, 1.165) is 31.2 Å². The Hall–Kier alpha value is -2.57. The van der Waals surface area contributed by atoms with Crippen LogP contribution in [0.25, 0.3) is 0 Å². The van der Waals surface area contributed by atoms with Crippen molar-refractivity contribution in [3.63, 3.8) is 0 Å². The van der Waals surface area contributed by atoms with Crippen molar-refractivity contribution in [2.75, 3.05) is 19.0 Å². The van der Waals surface area contributed by atoms with Crippen molar-refractivity contribution in [2.24, 2.45) is 0 Å². The number of rotatable bonds is 6. The highest BCUT2D eigenvalue weighted by atomic mass is 16.5. The third kappa shape index (κ3) is 4.99. The van der Waals surface area contributed by atoms with Crippen molar-refractivity contribution in [2.45, 2.75) is 56.9 Å². The zero-order chi connectivity index (χ0) is 19.2. The first-order valence-corrected chi connectivity index (χ1v) is 9.61. The lowest BCUT2D eigenvalue weighted by molar-refractivity contribution is -0.126. The second-order valence-electron chi connectivity index (χ2n) is 7.20. The van der Waals surface area contributed by atoms with E-state index in [2.05, 4.69) is 16.0 Å². The molecule has 3 rings (SSSR count). The Morgan fingerprint density at radius 3 is 2.74 bits per heavy atom. The maximum Gasteiger partial charge on any atom is 0.228 e. The van der Waals surface area contributed by atoms with Crippen LogP contribution in [-0.2, 0) is 14.4 Å². The van der Waals surface area contributed by atoms with Gasteiger partial charge >= 0.3 is 0 Å². The molecule has 0 radical (unpaired) electrons. The molecule has 3 amide bonds. The lowest BCUT2D eigenvalue weighted by Gasteiger charge is -2.25. The molecule has 1 atom stereocenters. The van der Waals surface area contributed by atoms with Gasteiger partial charge in [-0.3, -0.25) is 14.4 Å². The van der Waals surface area contributed by atoms with Gasteiger partial charge in [0.25, 0.3) is 0 Å². The number of ether oxygens (including phenoxy) is 1. The average molecular weight is 373 g/mol. The number of methoxy groups -OCH3 is 1. The van der Waals surface area contributed by atoms with E-state index in [-0.39, 0.29) is 43.1 Å². The Labute approximate surface area is 159 Å². The molecule has 1 aromatic carbocycles. The largest absolute Gasteiger partial charge is 0.497 e. The van der Waals surface area contributed by atoms with Crippen LogP contribution in [0.3, 0.4) is 0 Å². The molecule has 3 N–H and O–H groups in total. The van der Waals surface area contributed by atoms with Crippen molar-refractivity contribution in [1.29, 1.82) is 0 Å². The van der Waals surface area contributed by atoms with Gasteiger partial charge in [-0.25, -0.2) is 0 Å². The highest BCUT2D eigenvalue weighted by Crippen LogP contribution is 2.35. The molecular formula is C20H27N3O4. The number of nitrogens with one attached hydrogen (secondary N) is 3. The number of hydrogen-bond donors (Lipinski definition) is 3. The molecule has 1 unspecified atom stereocenters. The molecular weight excluding hydrogens is 346 g/mol. The van der Waals surface area contributed by atoms with Gasteiger partial charge < -0.3 is 20.7 Å². The van der Waals surface area contributed by atoms with Crippen LogP contribution in [0, 0.1) is 0 Å². The quantitative estimate of drug-likeness (QED) is 0.711. The highest BCUT2D eigenvalue weighted by molar-refractivity contribution is 6.01. The van der Waals surface area contributed by atoms with E-state index in [9.17, 15) is 14.4 Å². The van der Waals surface area contributed by atoms with Gasteiger partial charge in [0.2, 0.25) is 17.7 Å². The summed E-state index contributed by atoms with van der Waals surface area (Å²) in [7, 11) is 1.56. The van der Waals surface area contributed by atoms with Gasteiger partial charge in [0, 0.05) is 31.1 Å². The van der Waals surface area contributed by atoms with E-state index in [1.54, 1.807) is 25.3 Å². The molecule has 7 heteroatoms. The topological polar surface area (TPSA) is 96.5 Å². The molecule has 1 heterocycles. The lowest BCUT2D eigenvalue weighted by atomic mass is 9.89. The van der Waals surface area contributed by atoms with Crippen LogP contribution >= 0.6 is 0 Å². The Morgan fingerprint density at radius 2 is 2.00 bits per heavy atom. The van der Waals surface area contributed by atoms with Crippen LogP contribution in [0.1, 0.15) is 56.4 Å². The second kappa shape index (κ2) is 8.88. The summed E-state index contributed by atoms with van der Waals surface area (Å²) in [5.41, 5.74) is 1.36. The molecule has 1 fully saturated rings. The summed E-state index contributed by atoms with van der Waals surface area (Å²) in [5.74, 6) is -0.418. The smallest absolute Gasteiger partial charge is 0.228 e. The molecule has 0 bridgehead atoms. The summed E-state index contributed by atoms with van der Waals surface area (Å²) >= 11 is 0. The standard InChI is InChI=1S/C20H27N3O4/c1-27-14-7-8-17-15(11-14)16(12-19(25)23-17)20(26)21-10-9-18(24)22-13-5-3-2-4-6-13/h7-8,11,13,16H,2-6,9-10,12H2,1H3,(H,21,26)(H,22,24)(H,23,25). The van der Waals surface area contributed by atoms with Crippen molar-refractivity contribution >= 4 is 23.4 Å². The van der Waals surface area contributed by atoms with E-state index in [0.29, 0.717) is 11.4 Å². The van der Waals surface area contributed by atoms with E-state index in [1.165, 1.54) is 6.42 Å². The Morgan fingerprint density at radius 1 is 1.22 bits per heavy atom. The molecule has 1 saturated carbocycles. The van der Waals surface area contributed by atoms with Gasteiger partial charge in [0.15, 0.2) is 0 Å². The number of fused-ring (bicyclic) bond motifs is 1. The predicted molar refractivity (Wildman–Crippen MR) is 102 cm³/mol. The van der Waals surface area contributed by atoms with Crippen LogP contribution in [0.15, 0.2) is 18.2 Å². The fraction of sp³-hybridized carbons (Fsp3) is 0.550. The van der Waals surface area contributed by atoms with Crippen LogP contribution in [-0.4, -0.2) is 37.4 Å². The number of carbonyl (C=O) groups excluding carboxylic acids is 3. The molecule has 27 heavy (non-hydrogen) atoms. The first-order valence-electron chi connectivity index (χ1n) is 9.61. The molecule has 146 valence electrons. The fourth-order valence-electron chi connectivity index (χ4n) is 3.77. The van der Waals surface area contributed by atoms with Crippen molar-refractivity contribution in [1.82, 2.24) is 10.6 Å². The van der Waals surface area contributed by atoms with Crippen molar-refractivity contribution < 1.29 is 19.1 Å². The Bertz CT molecular complexity index is 713. The van der Waals surface area contributed by atoms with E-state index in [4.69, 9.17) is 4.74 Å². The van der Waals surface area contributed by atoms with Crippen LogP contribution in [0.2, 0.25) is 0 Å². The highest BCUT2D eigenvalue weighted by Gasteiger charge is 2.31. The zero-order valence-electron chi connectivity index (χ0n) is 15.7. The van der Waals surface area contributed by atoms with Gasteiger partial charge in [-0.05, 0) is 36.6 Å². The van der Waals surface area contributed by atoms with E-state index >= 15 is 0 Å². The SMILES string of the molecule is COc1ccc2c(c1)C(C(=O)NCCC(=O)NC1CCCCC1)CC(=O)N2. The van der Waals surface area contributed by atoms with Crippen LogP contribution in [0.5, 0.6) is 5.75 Å². The third-order valence-electron chi connectivity index (χ3n) is 5.24. The molecule has 2 aliphatic rings. The number of carbonyl (C=O) groups is 3. The van der Waals surface area contributed by atoms with Gasteiger partial charge in [0.05, 0.1) is 13.0 Å². The van der Waals surface area contributed by atoms with Gasteiger partial charge in [-0.15, -0.1) is 0 Å². The maximum atomic E-state index is 12.6. The van der Waals surface area contributed by atoms with Gasteiger partial charge in [0.1, 0.15) is 5.75 Å². The summed E-state index contributed by atoms with van der Waals surface area (Å²) in [6.07, 6.45) is 5.96. The first-order chi connectivity index (χ1) is 13.1. The number of benzene rings is 1. The minimum Gasteiger partial charge on any atom is -0.497 e. The number of hydrogen-bond acceptors (Lipinski definition) is 4. The normalized spacial score (nSPS) is 19.6. The number of amides is 3. The van der Waals surface area contributed by atoms with Gasteiger partial charge in [-0.2, -0.15) is 0 Å². The first kappa shape index (κ1) is 19.2. The summed E-state index contributed by atoms with van der Waals surface area (Å²) in [5, 5.41) is 8.62. The summed E-state index contributed by atoms with van der Waals surface area (Å²) in [4.78, 5) is 36.6. The van der Waals surface area contributed by atoms with E-state index < -0.39 is 5.92 Å². The monoisotopic (exact) mass is 373 g/mol. The molecule has 1 aliphatic heterocycles. The molecule has 0 saturated heterocycles. The second-order valence-corrected chi connectivity index (χ2v) is 7.20. The van der Waals surface area contributed by atoms with Crippen molar-refractivity contribution in [3.05, 3.63) is 23.8 Å². The Balaban J connectivity index is 1.53. The minimum absolute atomic E-state index is 0.0364. The molecule has 0 spiro atoms. The molecule has 1 aromatic rings. The average Bonchev–Trinajstić information content (AvgIpc) is 2.67.